The van der Waals surface area contributed by atoms with Gasteiger partial charge in [-0.2, -0.15) is 4.31 Å². The van der Waals surface area contributed by atoms with Crippen LogP contribution in [0.1, 0.15) is 30.1 Å². The molecule has 3 heterocycles. The molecule has 8 nitrogen and oxygen atoms in total. The van der Waals surface area contributed by atoms with E-state index in [1.807, 2.05) is 11.0 Å². The maximum absolute atomic E-state index is 12.7. The Morgan fingerprint density at radius 1 is 1.07 bits per heavy atom. The zero-order valence-electron chi connectivity index (χ0n) is 16.5. The monoisotopic (exact) mass is 419 g/mol. The Bertz CT molecular complexity index is 988. The molecule has 29 heavy (non-hydrogen) atoms. The Kier molecular flexibility index (Phi) is 5.37. The molecule has 1 saturated heterocycles. The van der Waals surface area contributed by atoms with Crippen LogP contribution < -0.4 is 14.4 Å². The molecule has 1 fully saturated rings. The van der Waals surface area contributed by atoms with Crippen molar-refractivity contribution in [3.05, 3.63) is 41.6 Å². The molecule has 0 saturated carbocycles. The molecule has 2 aliphatic heterocycles. The quantitative estimate of drug-likeness (QED) is 0.792. The van der Waals surface area contributed by atoms with Gasteiger partial charge < -0.3 is 19.5 Å². The van der Waals surface area contributed by atoms with E-state index in [0.29, 0.717) is 43.5 Å². The number of pyridine rings is 1. The van der Waals surface area contributed by atoms with Crippen molar-refractivity contribution in [1.82, 2.24) is 9.29 Å². The zero-order chi connectivity index (χ0) is 20.6. The second-order valence-corrected chi connectivity index (χ2v) is 9.16. The number of fused-ring (bicyclic) bond motifs is 1. The molecule has 0 amide bonds. The fraction of sp³-hybridized carbons (Fsp3) is 0.450. The minimum atomic E-state index is -3.50. The summed E-state index contributed by atoms with van der Waals surface area (Å²) < 4.78 is 37.8. The lowest BCUT2D eigenvalue weighted by Crippen LogP contribution is -2.35. The number of hydrogen-bond donors (Lipinski definition) is 1. The van der Waals surface area contributed by atoms with Crippen LogP contribution in [-0.2, 0) is 16.6 Å². The normalized spacial score (nSPS) is 19.8. The minimum absolute atomic E-state index is 0.195. The third kappa shape index (κ3) is 3.54. The number of anilines is 1. The fourth-order valence-electron chi connectivity index (χ4n) is 4.04. The first-order valence-electron chi connectivity index (χ1n) is 9.58. The summed E-state index contributed by atoms with van der Waals surface area (Å²) in [6.07, 6.45) is 2.40. The topological polar surface area (TPSA) is 92.2 Å². The van der Waals surface area contributed by atoms with E-state index in [1.54, 1.807) is 32.4 Å². The van der Waals surface area contributed by atoms with Crippen molar-refractivity contribution in [1.29, 1.82) is 0 Å². The molecule has 156 valence electrons. The highest BCUT2D eigenvalue weighted by Crippen LogP contribution is 2.40. The SMILES string of the molecule is COc1ccc(OC)c2c1CN(c1ccc(S(=O)(=O)N3CCCC3)cn1)CC2O. The molecule has 1 unspecified atom stereocenters. The Hall–Kier alpha value is -2.36. The lowest BCUT2D eigenvalue weighted by Gasteiger charge is -2.34. The number of β-amino-alcohol motifs (C(OH)–C–C–N with tert-alkyl or cyclic N) is 1. The summed E-state index contributed by atoms with van der Waals surface area (Å²) in [4.78, 5) is 6.48. The second kappa shape index (κ2) is 7.81. The van der Waals surface area contributed by atoms with Crippen molar-refractivity contribution in [2.45, 2.75) is 30.4 Å². The first-order chi connectivity index (χ1) is 14.0. The molecule has 2 aliphatic rings. The number of ether oxygens (including phenoxy) is 2. The van der Waals surface area contributed by atoms with Crippen molar-refractivity contribution in [3.63, 3.8) is 0 Å². The molecule has 1 aromatic heterocycles. The number of rotatable bonds is 5. The van der Waals surface area contributed by atoms with E-state index in [1.165, 1.54) is 10.5 Å². The van der Waals surface area contributed by atoms with E-state index in [0.717, 1.165) is 24.0 Å². The average Bonchev–Trinajstić information content (AvgIpc) is 3.29. The zero-order valence-corrected chi connectivity index (χ0v) is 17.4. The maximum Gasteiger partial charge on any atom is 0.244 e. The Labute approximate surface area is 170 Å². The Balaban J connectivity index is 1.62. The standard InChI is InChI=1S/C20H25N3O5S/c1-27-17-6-7-18(28-2)20-15(17)12-22(13-16(20)24)19-8-5-14(11-21-19)29(25,26)23-9-3-4-10-23/h5-8,11,16,24H,3-4,9-10,12-13H2,1-2H3. The van der Waals surface area contributed by atoms with Gasteiger partial charge in [-0.25, -0.2) is 13.4 Å². The van der Waals surface area contributed by atoms with Crippen molar-refractivity contribution in [2.24, 2.45) is 0 Å². The molecule has 0 bridgehead atoms. The molecule has 4 rings (SSSR count). The average molecular weight is 420 g/mol. The lowest BCUT2D eigenvalue weighted by atomic mass is 9.95. The summed E-state index contributed by atoms with van der Waals surface area (Å²) in [5.41, 5.74) is 1.55. The van der Waals surface area contributed by atoms with Crippen LogP contribution in [0, 0.1) is 0 Å². The molecule has 0 aliphatic carbocycles. The minimum Gasteiger partial charge on any atom is -0.496 e. The maximum atomic E-state index is 12.7. The van der Waals surface area contributed by atoms with Crippen LogP contribution in [0.5, 0.6) is 11.5 Å². The molecule has 1 atom stereocenters. The summed E-state index contributed by atoms with van der Waals surface area (Å²) in [7, 11) is -0.340. The molecular weight excluding hydrogens is 394 g/mol. The molecule has 0 spiro atoms. The van der Waals surface area contributed by atoms with Crippen molar-refractivity contribution in [3.8, 4) is 11.5 Å². The molecule has 1 N–H and O–H groups in total. The summed E-state index contributed by atoms with van der Waals surface area (Å²) in [6, 6.07) is 6.87. The van der Waals surface area contributed by atoms with Crippen molar-refractivity contribution in [2.75, 3.05) is 38.8 Å². The first kappa shape index (κ1) is 19.9. The van der Waals surface area contributed by atoms with Gasteiger partial charge in [-0.05, 0) is 37.1 Å². The van der Waals surface area contributed by atoms with Crippen LogP contribution in [0.15, 0.2) is 35.4 Å². The number of aliphatic hydroxyl groups excluding tert-OH is 1. The molecule has 9 heteroatoms. The van der Waals surface area contributed by atoms with Gasteiger partial charge in [0.25, 0.3) is 0 Å². The van der Waals surface area contributed by atoms with Crippen LogP contribution in [0.2, 0.25) is 0 Å². The van der Waals surface area contributed by atoms with E-state index < -0.39 is 16.1 Å². The number of aromatic nitrogens is 1. The first-order valence-corrected chi connectivity index (χ1v) is 11.0. The highest BCUT2D eigenvalue weighted by molar-refractivity contribution is 7.89. The van der Waals surface area contributed by atoms with Crippen LogP contribution in [0.3, 0.4) is 0 Å². The van der Waals surface area contributed by atoms with Crippen LogP contribution >= 0.6 is 0 Å². The molecule has 1 aromatic carbocycles. The van der Waals surface area contributed by atoms with Gasteiger partial charge in [0.2, 0.25) is 10.0 Å². The summed E-state index contributed by atoms with van der Waals surface area (Å²) in [5, 5.41) is 10.7. The lowest BCUT2D eigenvalue weighted by molar-refractivity contribution is 0.169. The highest BCUT2D eigenvalue weighted by atomic mass is 32.2. The van der Waals surface area contributed by atoms with Gasteiger partial charge in [0.15, 0.2) is 0 Å². The molecule has 0 radical (unpaired) electrons. The van der Waals surface area contributed by atoms with Crippen LogP contribution in [0.4, 0.5) is 5.82 Å². The van der Waals surface area contributed by atoms with Gasteiger partial charge in [-0.3, -0.25) is 0 Å². The smallest absolute Gasteiger partial charge is 0.244 e. The molecular formula is C20H25N3O5S. The fourth-order valence-corrected chi connectivity index (χ4v) is 5.50. The number of methoxy groups -OCH3 is 2. The van der Waals surface area contributed by atoms with Gasteiger partial charge in [-0.15, -0.1) is 0 Å². The number of hydrogen-bond acceptors (Lipinski definition) is 7. The van der Waals surface area contributed by atoms with Crippen molar-refractivity contribution < 1.29 is 23.0 Å². The van der Waals surface area contributed by atoms with Gasteiger partial charge in [0.1, 0.15) is 28.3 Å². The number of aliphatic hydroxyl groups is 1. The Morgan fingerprint density at radius 3 is 2.38 bits per heavy atom. The van der Waals surface area contributed by atoms with E-state index in [-0.39, 0.29) is 4.90 Å². The van der Waals surface area contributed by atoms with E-state index in [4.69, 9.17) is 9.47 Å². The van der Waals surface area contributed by atoms with Gasteiger partial charge in [-0.1, -0.05) is 0 Å². The van der Waals surface area contributed by atoms with Gasteiger partial charge in [0, 0.05) is 37.0 Å². The van der Waals surface area contributed by atoms with E-state index in [9.17, 15) is 13.5 Å². The number of benzene rings is 1. The van der Waals surface area contributed by atoms with Gasteiger partial charge in [0.05, 0.1) is 20.8 Å². The summed E-state index contributed by atoms with van der Waals surface area (Å²) in [5.74, 6) is 1.88. The predicted octanol–water partition coefficient (Wildman–Crippen LogP) is 1.94. The predicted molar refractivity (Wildman–Crippen MR) is 108 cm³/mol. The van der Waals surface area contributed by atoms with Crippen LogP contribution in [-0.4, -0.2) is 56.7 Å². The van der Waals surface area contributed by atoms with Crippen molar-refractivity contribution >= 4 is 15.8 Å². The van der Waals surface area contributed by atoms with E-state index in [2.05, 4.69) is 4.98 Å². The third-order valence-electron chi connectivity index (χ3n) is 5.54. The van der Waals surface area contributed by atoms with Crippen LogP contribution in [0.25, 0.3) is 0 Å². The largest absolute Gasteiger partial charge is 0.496 e. The second-order valence-electron chi connectivity index (χ2n) is 7.22. The third-order valence-corrected chi connectivity index (χ3v) is 7.42. The number of nitrogens with zero attached hydrogens (tertiary/aromatic N) is 3. The highest BCUT2D eigenvalue weighted by Gasteiger charge is 2.31. The summed E-state index contributed by atoms with van der Waals surface area (Å²) >= 11 is 0. The summed E-state index contributed by atoms with van der Waals surface area (Å²) in [6.45, 7) is 1.90. The molecule has 2 aromatic rings. The van der Waals surface area contributed by atoms with Gasteiger partial charge >= 0.3 is 0 Å². The number of sulfonamides is 1. The van der Waals surface area contributed by atoms with E-state index >= 15 is 0 Å². The Morgan fingerprint density at radius 2 is 1.76 bits per heavy atom.